The van der Waals surface area contributed by atoms with E-state index >= 15 is 0 Å². The van der Waals surface area contributed by atoms with Gasteiger partial charge in [0.1, 0.15) is 0 Å². The summed E-state index contributed by atoms with van der Waals surface area (Å²) in [7, 11) is 0. The van der Waals surface area contributed by atoms with Crippen LogP contribution in [0.5, 0.6) is 0 Å². The molecule has 1 aliphatic carbocycles. The highest BCUT2D eigenvalue weighted by atomic mass is 14.4. The summed E-state index contributed by atoms with van der Waals surface area (Å²) in [6, 6.07) is 54.5. The molecule has 0 heterocycles. The number of hydrogen-bond acceptors (Lipinski definition) is 0. The Hall–Kier alpha value is -5.20. The molecule has 0 amide bonds. The SMILES string of the molecule is CC1(C)c2cc(-c3ccc4c(ccc5ccccc54)c3)ccc2Cc2ccc(-c3ccc4c(ccc5ccccc54)c3)cc21. The second kappa shape index (κ2) is 9.40. The van der Waals surface area contributed by atoms with Gasteiger partial charge in [-0.2, -0.15) is 0 Å². The molecule has 0 saturated heterocycles. The maximum atomic E-state index is 2.45. The molecule has 0 radical (unpaired) electrons. The molecule has 0 N–H and O–H groups in total. The highest BCUT2D eigenvalue weighted by Crippen LogP contribution is 2.44. The molecule has 9 rings (SSSR count). The van der Waals surface area contributed by atoms with Crippen LogP contribution in [0.25, 0.3) is 65.3 Å². The Kier molecular flexibility index (Phi) is 5.41. The van der Waals surface area contributed by atoms with Crippen LogP contribution in [0.4, 0.5) is 0 Å². The van der Waals surface area contributed by atoms with E-state index in [0.717, 1.165) is 6.42 Å². The summed E-state index contributed by atoms with van der Waals surface area (Å²) < 4.78 is 0. The molecule has 0 aromatic heterocycles. The van der Waals surface area contributed by atoms with E-state index in [1.807, 2.05) is 0 Å². The van der Waals surface area contributed by atoms with Crippen molar-refractivity contribution in [2.24, 2.45) is 0 Å². The lowest BCUT2D eigenvalue weighted by Crippen LogP contribution is -2.27. The van der Waals surface area contributed by atoms with Crippen molar-refractivity contribution in [3.63, 3.8) is 0 Å². The predicted octanol–water partition coefficient (Wildman–Crippen LogP) is 11.9. The summed E-state index contributed by atoms with van der Waals surface area (Å²) in [6.07, 6.45) is 0.974. The molecule has 0 heteroatoms. The van der Waals surface area contributed by atoms with Crippen LogP contribution in [0, 0.1) is 0 Å². The van der Waals surface area contributed by atoms with E-state index < -0.39 is 0 Å². The molecule has 0 nitrogen and oxygen atoms in total. The topological polar surface area (TPSA) is 0 Å². The average Bonchev–Trinajstić information content (AvgIpc) is 3.07. The van der Waals surface area contributed by atoms with Gasteiger partial charge < -0.3 is 0 Å². The molecule has 208 valence electrons. The molecule has 8 aromatic rings. The number of hydrogen-bond donors (Lipinski definition) is 0. The van der Waals surface area contributed by atoms with E-state index in [-0.39, 0.29) is 5.41 Å². The van der Waals surface area contributed by atoms with Crippen LogP contribution in [0.3, 0.4) is 0 Å². The van der Waals surface area contributed by atoms with Gasteiger partial charge in [-0.1, -0.05) is 135 Å². The highest BCUT2D eigenvalue weighted by molar-refractivity contribution is 6.09. The van der Waals surface area contributed by atoms with Crippen LogP contribution >= 0.6 is 0 Å². The standard InChI is InChI=1S/C44H32/c1-44(2)42-26-32(30-19-21-40-34(23-30)15-11-28-7-3-5-9-38(28)40)13-17-36(42)25-37-18-14-33(27-43(37)44)31-20-22-41-35(24-31)16-12-29-8-4-6-10-39(29)41/h3-24,26-27H,25H2,1-2H3. The van der Waals surface area contributed by atoms with Gasteiger partial charge in [0.05, 0.1) is 0 Å². The third kappa shape index (κ3) is 3.84. The Morgan fingerprint density at radius 1 is 0.364 bits per heavy atom. The zero-order valence-electron chi connectivity index (χ0n) is 25.1. The molecule has 0 atom stereocenters. The quantitative estimate of drug-likeness (QED) is 0.184. The Morgan fingerprint density at radius 2 is 0.750 bits per heavy atom. The van der Waals surface area contributed by atoms with Crippen LogP contribution < -0.4 is 0 Å². The Morgan fingerprint density at radius 3 is 1.25 bits per heavy atom. The molecule has 0 aliphatic heterocycles. The molecule has 0 bridgehead atoms. The fraction of sp³-hybridized carbons (Fsp3) is 0.0909. The summed E-state index contributed by atoms with van der Waals surface area (Å²) >= 11 is 0. The second-order valence-electron chi connectivity index (χ2n) is 13.0. The van der Waals surface area contributed by atoms with E-state index in [9.17, 15) is 0 Å². The van der Waals surface area contributed by atoms with Crippen LogP contribution in [0.15, 0.2) is 146 Å². The van der Waals surface area contributed by atoms with E-state index in [0.29, 0.717) is 0 Å². The van der Waals surface area contributed by atoms with Crippen molar-refractivity contribution >= 4 is 43.1 Å². The minimum atomic E-state index is -0.102. The van der Waals surface area contributed by atoms with Gasteiger partial charge >= 0.3 is 0 Å². The van der Waals surface area contributed by atoms with Crippen molar-refractivity contribution in [2.75, 3.05) is 0 Å². The average molecular weight is 561 g/mol. The zero-order chi connectivity index (χ0) is 29.4. The first-order valence-corrected chi connectivity index (χ1v) is 15.6. The van der Waals surface area contributed by atoms with Gasteiger partial charge in [0, 0.05) is 5.41 Å². The number of rotatable bonds is 2. The molecule has 0 fully saturated rings. The van der Waals surface area contributed by atoms with Gasteiger partial charge in [-0.25, -0.2) is 0 Å². The first-order valence-electron chi connectivity index (χ1n) is 15.6. The smallest absolute Gasteiger partial charge is 0.0152 e. The lowest BCUT2D eigenvalue weighted by Gasteiger charge is -2.36. The molecule has 0 unspecified atom stereocenters. The van der Waals surface area contributed by atoms with Crippen molar-refractivity contribution in [1.29, 1.82) is 0 Å². The summed E-state index contributed by atoms with van der Waals surface area (Å²) in [5.74, 6) is 0. The van der Waals surface area contributed by atoms with E-state index in [2.05, 4.69) is 159 Å². The molecule has 1 aliphatic rings. The molecule has 0 spiro atoms. The van der Waals surface area contributed by atoms with Gasteiger partial charge in [0.25, 0.3) is 0 Å². The summed E-state index contributed by atoms with van der Waals surface area (Å²) in [5, 5.41) is 10.4. The predicted molar refractivity (Wildman–Crippen MR) is 189 cm³/mol. The van der Waals surface area contributed by atoms with Gasteiger partial charge in [-0.15, -0.1) is 0 Å². The van der Waals surface area contributed by atoms with Gasteiger partial charge in [0.2, 0.25) is 0 Å². The van der Waals surface area contributed by atoms with Gasteiger partial charge in [-0.05, 0) is 118 Å². The molecule has 0 saturated carbocycles. The van der Waals surface area contributed by atoms with Gasteiger partial charge in [-0.3, -0.25) is 0 Å². The zero-order valence-corrected chi connectivity index (χ0v) is 25.1. The summed E-state index contributed by atoms with van der Waals surface area (Å²) in [6.45, 7) is 4.80. The fourth-order valence-corrected chi connectivity index (χ4v) is 7.72. The number of fused-ring (bicyclic) bond motifs is 8. The van der Waals surface area contributed by atoms with E-state index in [4.69, 9.17) is 0 Å². The van der Waals surface area contributed by atoms with Crippen molar-refractivity contribution in [3.05, 3.63) is 168 Å². The first kappa shape index (κ1) is 25.3. The van der Waals surface area contributed by atoms with Crippen molar-refractivity contribution in [3.8, 4) is 22.3 Å². The van der Waals surface area contributed by atoms with Crippen LogP contribution in [-0.4, -0.2) is 0 Å². The Balaban J connectivity index is 1.11. The van der Waals surface area contributed by atoms with Crippen molar-refractivity contribution < 1.29 is 0 Å². The summed E-state index contributed by atoms with van der Waals surface area (Å²) in [5.41, 5.74) is 10.7. The minimum absolute atomic E-state index is 0.102. The maximum Gasteiger partial charge on any atom is 0.0152 e. The largest absolute Gasteiger partial charge is 0.0616 e. The maximum absolute atomic E-state index is 2.45. The lowest BCUT2D eigenvalue weighted by molar-refractivity contribution is 0.611. The number of benzene rings is 8. The first-order chi connectivity index (χ1) is 21.5. The van der Waals surface area contributed by atoms with Crippen LogP contribution in [-0.2, 0) is 11.8 Å². The normalized spacial score (nSPS) is 13.8. The molecule has 8 aromatic carbocycles. The molecule has 44 heavy (non-hydrogen) atoms. The summed E-state index contributed by atoms with van der Waals surface area (Å²) in [4.78, 5) is 0. The minimum Gasteiger partial charge on any atom is -0.0616 e. The van der Waals surface area contributed by atoms with Gasteiger partial charge in [0.15, 0.2) is 0 Å². The molecular formula is C44H32. The second-order valence-corrected chi connectivity index (χ2v) is 13.0. The van der Waals surface area contributed by atoms with Crippen LogP contribution in [0.2, 0.25) is 0 Å². The van der Waals surface area contributed by atoms with Crippen LogP contribution in [0.1, 0.15) is 36.1 Å². The van der Waals surface area contributed by atoms with Crippen molar-refractivity contribution in [2.45, 2.75) is 25.7 Å². The van der Waals surface area contributed by atoms with Crippen molar-refractivity contribution in [1.82, 2.24) is 0 Å². The highest BCUT2D eigenvalue weighted by Gasteiger charge is 2.33. The Bertz CT molecular complexity index is 2270. The third-order valence-corrected chi connectivity index (χ3v) is 10.1. The lowest BCUT2D eigenvalue weighted by atomic mass is 9.68. The molecular weight excluding hydrogens is 528 g/mol. The van der Waals surface area contributed by atoms with E-state index in [1.54, 1.807) is 0 Å². The fourth-order valence-electron chi connectivity index (χ4n) is 7.72. The Labute approximate surface area is 258 Å². The monoisotopic (exact) mass is 560 g/mol. The van der Waals surface area contributed by atoms with E-state index in [1.165, 1.54) is 87.6 Å². The third-order valence-electron chi connectivity index (χ3n) is 10.1.